The Hall–Kier alpha value is -1.40. The third-order valence-corrected chi connectivity index (χ3v) is 3.62. The van der Waals surface area contributed by atoms with Gasteiger partial charge in [0.2, 0.25) is 5.91 Å². The Labute approximate surface area is 110 Å². The zero-order chi connectivity index (χ0) is 13.5. The average Bonchev–Trinajstić information content (AvgIpc) is 2.86. The first-order valence-electron chi connectivity index (χ1n) is 5.82. The Morgan fingerprint density at radius 2 is 2.28 bits per heavy atom. The Balaban J connectivity index is 2.23. The van der Waals surface area contributed by atoms with Gasteiger partial charge in [-0.15, -0.1) is 11.3 Å². The molecule has 0 radical (unpaired) electrons. The Morgan fingerprint density at radius 1 is 1.56 bits per heavy atom. The number of amides is 1. The minimum absolute atomic E-state index is 0.222. The molecule has 0 aliphatic carbocycles. The van der Waals surface area contributed by atoms with Gasteiger partial charge in [-0.25, -0.2) is 0 Å². The molecular weight excluding hydrogens is 252 g/mol. The van der Waals surface area contributed by atoms with E-state index in [0.29, 0.717) is 19.4 Å². The molecule has 0 aromatic carbocycles. The van der Waals surface area contributed by atoms with Crippen molar-refractivity contribution in [2.75, 3.05) is 6.54 Å². The molecule has 0 spiro atoms. The summed E-state index contributed by atoms with van der Waals surface area (Å²) in [7, 11) is 0. The highest BCUT2D eigenvalue weighted by atomic mass is 32.1. The monoisotopic (exact) mass is 270 g/mol. The normalized spacial score (nSPS) is 13.9. The molecule has 2 atom stereocenters. The van der Waals surface area contributed by atoms with Crippen molar-refractivity contribution in [3.05, 3.63) is 22.4 Å². The van der Waals surface area contributed by atoms with E-state index in [-0.39, 0.29) is 11.8 Å². The fourth-order valence-corrected chi connectivity index (χ4v) is 2.18. The van der Waals surface area contributed by atoms with Crippen LogP contribution in [0.3, 0.4) is 0 Å². The Kier molecular flexibility index (Phi) is 5.80. The van der Waals surface area contributed by atoms with Crippen LogP contribution in [0.5, 0.6) is 0 Å². The SMILES string of the molecule is CC(CCCNC(=O)C(N)c1cccs1)C(=O)O. The van der Waals surface area contributed by atoms with Crippen molar-refractivity contribution in [1.82, 2.24) is 5.32 Å². The minimum Gasteiger partial charge on any atom is -0.481 e. The fourth-order valence-electron chi connectivity index (χ4n) is 1.45. The van der Waals surface area contributed by atoms with E-state index < -0.39 is 12.0 Å². The van der Waals surface area contributed by atoms with Crippen molar-refractivity contribution in [3.63, 3.8) is 0 Å². The lowest BCUT2D eigenvalue weighted by Gasteiger charge is -2.11. The zero-order valence-electron chi connectivity index (χ0n) is 10.3. The predicted octanol–water partition coefficient (Wildman–Crippen LogP) is 1.36. The molecule has 0 aliphatic rings. The molecule has 100 valence electrons. The van der Waals surface area contributed by atoms with Gasteiger partial charge in [0.25, 0.3) is 0 Å². The minimum atomic E-state index is -0.809. The number of rotatable bonds is 7. The van der Waals surface area contributed by atoms with Gasteiger partial charge < -0.3 is 16.2 Å². The smallest absolute Gasteiger partial charge is 0.306 e. The lowest BCUT2D eigenvalue weighted by Crippen LogP contribution is -2.34. The summed E-state index contributed by atoms with van der Waals surface area (Å²) >= 11 is 1.44. The summed E-state index contributed by atoms with van der Waals surface area (Å²) in [5.74, 6) is -1.41. The molecule has 0 saturated carbocycles. The van der Waals surface area contributed by atoms with Crippen LogP contribution in [0.15, 0.2) is 17.5 Å². The van der Waals surface area contributed by atoms with E-state index >= 15 is 0 Å². The molecule has 0 bridgehead atoms. The standard InChI is InChI=1S/C12H18N2O3S/c1-8(12(16)17)4-2-6-14-11(15)10(13)9-5-3-7-18-9/h3,5,7-8,10H,2,4,6,13H2,1H3,(H,14,15)(H,16,17). The molecule has 0 aliphatic heterocycles. The first-order valence-corrected chi connectivity index (χ1v) is 6.70. The third kappa shape index (κ3) is 4.46. The number of nitrogens with one attached hydrogen (secondary N) is 1. The highest BCUT2D eigenvalue weighted by molar-refractivity contribution is 7.10. The van der Waals surface area contributed by atoms with E-state index in [1.54, 1.807) is 6.92 Å². The van der Waals surface area contributed by atoms with Crippen LogP contribution >= 0.6 is 11.3 Å². The lowest BCUT2D eigenvalue weighted by atomic mass is 10.1. The fraction of sp³-hybridized carbons (Fsp3) is 0.500. The molecule has 2 unspecified atom stereocenters. The second-order valence-corrected chi connectivity index (χ2v) is 5.14. The van der Waals surface area contributed by atoms with Gasteiger partial charge >= 0.3 is 5.97 Å². The van der Waals surface area contributed by atoms with Crippen LogP contribution in [0.25, 0.3) is 0 Å². The molecule has 0 saturated heterocycles. The summed E-state index contributed by atoms with van der Waals surface area (Å²) in [6.07, 6.45) is 1.18. The summed E-state index contributed by atoms with van der Waals surface area (Å²) in [6.45, 7) is 2.11. The number of carboxylic acids is 1. The van der Waals surface area contributed by atoms with Gasteiger partial charge in [0.15, 0.2) is 0 Å². The van der Waals surface area contributed by atoms with E-state index in [9.17, 15) is 9.59 Å². The summed E-state index contributed by atoms with van der Waals surface area (Å²) in [4.78, 5) is 23.1. The molecule has 5 nitrogen and oxygen atoms in total. The maximum Gasteiger partial charge on any atom is 0.306 e. The number of thiophene rings is 1. The number of nitrogens with two attached hydrogens (primary N) is 1. The molecule has 1 rings (SSSR count). The first kappa shape index (κ1) is 14.7. The van der Waals surface area contributed by atoms with Crippen molar-refractivity contribution in [1.29, 1.82) is 0 Å². The number of carbonyl (C=O) groups is 2. The lowest BCUT2D eigenvalue weighted by molar-refractivity contribution is -0.141. The molecule has 1 aromatic rings. The first-order chi connectivity index (χ1) is 8.52. The van der Waals surface area contributed by atoms with Gasteiger partial charge in [-0.3, -0.25) is 9.59 Å². The number of carbonyl (C=O) groups excluding carboxylic acids is 1. The van der Waals surface area contributed by atoms with E-state index in [1.807, 2.05) is 17.5 Å². The molecule has 1 aromatic heterocycles. The van der Waals surface area contributed by atoms with Gasteiger partial charge in [-0.2, -0.15) is 0 Å². The van der Waals surface area contributed by atoms with Crippen LogP contribution in [-0.2, 0) is 9.59 Å². The van der Waals surface area contributed by atoms with Crippen molar-refractivity contribution >= 4 is 23.2 Å². The van der Waals surface area contributed by atoms with E-state index in [0.717, 1.165) is 4.88 Å². The van der Waals surface area contributed by atoms with Gasteiger partial charge in [-0.1, -0.05) is 13.0 Å². The van der Waals surface area contributed by atoms with Crippen LogP contribution in [-0.4, -0.2) is 23.5 Å². The molecular formula is C12H18N2O3S. The number of carboxylic acid groups (broad SMARTS) is 1. The van der Waals surface area contributed by atoms with Gasteiger partial charge in [0.1, 0.15) is 6.04 Å². The van der Waals surface area contributed by atoms with E-state index in [4.69, 9.17) is 10.8 Å². The molecule has 1 heterocycles. The largest absolute Gasteiger partial charge is 0.481 e. The zero-order valence-corrected chi connectivity index (χ0v) is 11.1. The Bertz CT molecular complexity index is 392. The number of aliphatic carboxylic acids is 1. The second kappa shape index (κ2) is 7.13. The van der Waals surface area contributed by atoms with Crippen molar-refractivity contribution in [2.24, 2.45) is 11.7 Å². The maximum absolute atomic E-state index is 11.7. The highest BCUT2D eigenvalue weighted by Gasteiger charge is 2.16. The quantitative estimate of drug-likeness (QED) is 0.652. The topological polar surface area (TPSA) is 92.4 Å². The van der Waals surface area contributed by atoms with Crippen molar-refractivity contribution in [3.8, 4) is 0 Å². The van der Waals surface area contributed by atoms with Crippen molar-refractivity contribution < 1.29 is 14.7 Å². The number of hydrogen-bond acceptors (Lipinski definition) is 4. The molecule has 0 fully saturated rings. The maximum atomic E-state index is 11.7. The van der Waals surface area contributed by atoms with Gasteiger partial charge in [0.05, 0.1) is 5.92 Å². The van der Waals surface area contributed by atoms with Crippen LogP contribution in [0.2, 0.25) is 0 Å². The van der Waals surface area contributed by atoms with Gasteiger partial charge in [-0.05, 0) is 24.3 Å². The van der Waals surface area contributed by atoms with Crippen LogP contribution in [0.4, 0.5) is 0 Å². The summed E-state index contributed by atoms with van der Waals surface area (Å²) in [5.41, 5.74) is 5.78. The summed E-state index contributed by atoms with van der Waals surface area (Å²) < 4.78 is 0. The summed E-state index contributed by atoms with van der Waals surface area (Å²) in [6, 6.07) is 3.03. The molecule has 6 heteroatoms. The van der Waals surface area contributed by atoms with Crippen molar-refractivity contribution in [2.45, 2.75) is 25.8 Å². The van der Waals surface area contributed by atoms with Gasteiger partial charge in [0, 0.05) is 11.4 Å². The summed E-state index contributed by atoms with van der Waals surface area (Å²) in [5, 5.41) is 13.3. The highest BCUT2D eigenvalue weighted by Crippen LogP contribution is 2.16. The third-order valence-electron chi connectivity index (χ3n) is 2.67. The van der Waals surface area contributed by atoms with Crippen LogP contribution < -0.4 is 11.1 Å². The predicted molar refractivity (Wildman–Crippen MR) is 70.3 cm³/mol. The molecule has 18 heavy (non-hydrogen) atoms. The average molecular weight is 270 g/mol. The molecule has 4 N–H and O–H groups in total. The number of hydrogen-bond donors (Lipinski definition) is 3. The second-order valence-electron chi connectivity index (χ2n) is 4.17. The van der Waals surface area contributed by atoms with Crippen LogP contribution in [0, 0.1) is 5.92 Å². The van der Waals surface area contributed by atoms with E-state index in [2.05, 4.69) is 5.32 Å². The Morgan fingerprint density at radius 3 is 2.83 bits per heavy atom. The molecule has 1 amide bonds. The van der Waals surface area contributed by atoms with E-state index in [1.165, 1.54) is 11.3 Å². The van der Waals surface area contributed by atoms with Crippen LogP contribution in [0.1, 0.15) is 30.7 Å².